The number of halogens is 2. The molecule has 1 aliphatic carbocycles. The van der Waals surface area contributed by atoms with Crippen molar-refractivity contribution in [3.05, 3.63) is 53.2 Å². The Morgan fingerprint density at radius 1 is 1.18 bits per heavy atom. The topological polar surface area (TPSA) is 89.2 Å². The van der Waals surface area contributed by atoms with E-state index >= 15 is 8.78 Å². The number of carbonyl (C=O) groups excluding carboxylic acids is 1. The molecule has 3 aromatic rings. The van der Waals surface area contributed by atoms with Gasteiger partial charge in [0, 0.05) is 34.4 Å². The zero-order valence-electron chi connectivity index (χ0n) is 19.6. The number of benzene rings is 2. The van der Waals surface area contributed by atoms with Gasteiger partial charge in [0.2, 0.25) is 0 Å². The second kappa shape index (κ2) is 8.27. The number of H-pyrrole nitrogens is 1. The lowest BCUT2D eigenvalue weighted by Gasteiger charge is -2.44. The molecule has 1 aromatic heterocycles. The van der Waals surface area contributed by atoms with E-state index in [2.05, 4.69) is 20.9 Å². The number of urea groups is 1. The van der Waals surface area contributed by atoms with Gasteiger partial charge in [-0.3, -0.25) is 0 Å². The molecule has 2 unspecified atom stereocenters. The number of aliphatic hydroxyl groups is 1. The summed E-state index contributed by atoms with van der Waals surface area (Å²) in [5.41, 5.74) is 1.14. The van der Waals surface area contributed by atoms with Gasteiger partial charge in [-0.25, -0.2) is 13.6 Å². The molecule has 2 aliphatic rings. The van der Waals surface area contributed by atoms with Gasteiger partial charge in [-0.05, 0) is 45.2 Å². The zero-order valence-corrected chi connectivity index (χ0v) is 19.6. The Labute approximate surface area is 197 Å². The second-order valence-electron chi connectivity index (χ2n) is 10.1. The predicted octanol–water partition coefficient (Wildman–Crippen LogP) is 5.27. The molecule has 1 fully saturated rings. The van der Waals surface area contributed by atoms with Gasteiger partial charge in [0.15, 0.2) is 0 Å². The van der Waals surface area contributed by atoms with Crippen molar-refractivity contribution in [1.29, 1.82) is 0 Å². The number of hydrogen-bond acceptors (Lipinski definition) is 3. The summed E-state index contributed by atoms with van der Waals surface area (Å²) in [5, 5.41) is 20.7. The molecule has 0 saturated heterocycles. The van der Waals surface area contributed by atoms with E-state index in [1.807, 2.05) is 13.0 Å². The summed E-state index contributed by atoms with van der Waals surface area (Å²) in [6.07, 6.45) is 4.55. The van der Waals surface area contributed by atoms with Crippen molar-refractivity contribution in [3.8, 4) is 11.1 Å². The summed E-state index contributed by atoms with van der Waals surface area (Å²) in [5.74, 6) is -1.52. The molecule has 2 amide bonds. The lowest BCUT2D eigenvalue weighted by molar-refractivity contribution is 0.0702. The summed E-state index contributed by atoms with van der Waals surface area (Å²) in [6, 6.07) is 5.11. The molecule has 2 heterocycles. The first kappa shape index (κ1) is 22.7. The van der Waals surface area contributed by atoms with Gasteiger partial charge >= 0.3 is 6.03 Å². The first-order chi connectivity index (χ1) is 16.2. The van der Waals surface area contributed by atoms with E-state index in [1.54, 1.807) is 32.2 Å². The van der Waals surface area contributed by atoms with E-state index < -0.39 is 35.4 Å². The van der Waals surface area contributed by atoms with Crippen molar-refractivity contribution in [1.82, 2.24) is 15.6 Å². The maximum absolute atomic E-state index is 16.2. The predicted molar refractivity (Wildman–Crippen MR) is 129 cm³/mol. The van der Waals surface area contributed by atoms with Crippen LogP contribution in [0.25, 0.3) is 22.0 Å². The number of rotatable bonds is 3. The standard InChI is InChI=1S/C26H30F2N4O2/c1-13-12-29-22-15(13)9-6-10-16(22)19-17(27)11-18-20(21(19)28)23(24(33)26(2,3)32-18)31-25(34)30-14-7-4-5-8-14/h6,9-12,14,23-24,29,32-33H,4-5,7-8H2,1-3H3,(H2,30,31,34). The van der Waals surface area contributed by atoms with Crippen LogP contribution in [0.4, 0.5) is 19.3 Å². The minimum atomic E-state index is -1.15. The molecular formula is C26H30F2N4O2. The van der Waals surface area contributed by atoms with Crippen molar-refractivity contribution < 1.29 is 18.7 Å². The van der Waals surface area contributed by atoms with Crippen LogP contribution in [0.15, 0.2) is 30.5 Å². The lowest BCUT2D eigenvalue weighted by Crippen LogP contribution is -2.56. The molecular weight excluding hydrogens is 438 g/mol. The van der Waals surface area contributed by atoms with Crippen molar-refractivity contribution in [3.63, 3.8) is 0 Å². The van der Waals surface area contributed by atoms with Crippen molar-refractivity contribution in [2.24, 2.45) is 0 Å². The van der Waals surface area contributed by atoms with Crippen LogP contribution < -0.4 is 16.0 Å². The van der Waals surface area contributed by atoms with Crippen LogP contribution in [0, 0.1) is 18.6 Å². The van der Waals surface area contributed by atoms with E-state index in [-0.39, 0.29) is 22.9 Å². The minimum Gasteiger partial charge on any atom is -0.388 e. The van der Waals surface area contributed by atoms with E-state index in [9.17, 15) is 9.90 Å². The molecule has 8 heteroatoms. The number of aromatic nitrogens is 1. The molecule has 2 atom stereocenters. The third-order valence-corrected chi connectivity index (χ3v) is 7.25. The average molecular weight is 469 g/mol. The number of para-hydroxylation sites is 1. The maximum Gasteiger partial charge on any atom is 0.315 e. The quantitative estimate of drug-likeness (QED) is 0.363. The normalized spacial score (nSPS) is 21.8. The number of aliphatic hydroxyl groups excluding tert-OH is 1. The molecule has 0 bridgehead atoms. The lowest BCUT2D eigenvalue weighted by atomic mass is 9.81. The average Bonchev–Trinajstić information content (AvgIpc) is 3.41. The summed E-state index contributed by atoms with van der Waals surface area (Å²) in [6.45, 7) is 5.39. The smallest absolute Gasteiger partial charge is 0.315 e. The SMILES string of the molecule is Cc1c[nH]c2c(-c3c(F)cc4c(c3F)C(NC(=O)NC3CCCC3)C(O)C(C)(C)N4)cccc12. The van der Waals surface area contributed by atoms with E-state index in [1.165, 1.54) is 6.07 Å². The Balaban J connectivity index is 1.61. The minimum absolute atomic E-state index is 0.0464. The van der Waals surface area contributed by atoms with Gasteiger partial charge in [-0.2, -0.15) is 0 Å². The molecule has 0 radical (unpaired) electrons. The Bertz CT molecular complexity index is 1260. The molecule has 6 nitrogen and oxygen atoms in total. The molecule has 34 heavy (non-hydrogen) atoms. The number of amides is 2. The van der Waals surface area contributed by atoms with Crippen molar-refractivity contribution in [2.45, 2.75) is 70.2 Å². The number of aromatic amines is 1. The molecule has 5 rings (SSSR count). The highest BCUT2D eigenvalue weighted by atomic mass is 19.1. The van der Waals surface area contributed by atoms with Gasteiger partial charge < -0.3 is 26.0 Å². The van der Waals surface area contributed by atoms with Crippen LogP contribution in [0.5, 0.6) is 0 Å². The number of fused-ring (bicyclic) bond motifs is 2. The monoisotopic (exact) mass is 468 g/mol. The number of aryl methyl sites for hydroxylation is 1. The fourth-order valence-corrected chi connectivity index (χ4v) is 5.38. The molecule has 2 aromatic carbocycles. The summed E-state index contributed by atoms with van der Waals surface area (Å²) in [7, 11) is 0. The number of hydrogen-bond donors (Lipinski definition) is 5. The first-order valence-electron chi connectivity index (χ1n) is 11.8. The maximum atomic E-state index is 16.2. The van der Waals surface area contributed by atoms with Crippen LogP contribution in [-0.4, -0.2) is 33.8 Å². The van der Waals surface area contributed by atoms with Crippen LogP contribution in [0.1, 0.15) is 56.7 Å². The first-order valence-corrected chi connectivity index (χ1v) is 11.8. The summed E-state index contributed by atoms with van der Waals surface area (Å²) < 4.78 is 31.6. The summed E-state index contributed by atoms with van der Waals surface area (Å²) in [4.78, 5) is 15.9. The van der Waals surface area contributed by atoms with E-state index in [0.29, 0.717) is 11.1 Å². The molecule has 1 aliphatic heterocycles. The van der Waals surface area contributed by atoms with Gasteiger partial charge in [0.1, 0.15) is 17.7 Å². The fourth-order valence-electron chi connectivity index (χ4n) is 5.38. The van der Waals surface area contributed by atoms with E-state index in [4.69, 9.17) is 0 Å². The highest BCUT2D eigenvalue weighted by Gasteiger charge is 2.44. The third-order valence-electron chi connectivity index (χ3n) is 7.25. The number of carbonyl (C=O) groups is 1. The van der Waals surface area contributed by atoms with Crippen molar-refractivity contribution >= 4 is 22.6 Å². The van der Waals surface area contributed by atoms with Crippen LogP contribution in [-0.2, 0) is 0 Å². The highest BCUT2D eigenvalue weighted by molar-refractivity contribution is 5.96. The third kappa shape index (κ3) is 3.70. The Kier molecular flexibility index (Phi) is 5.51. The van der Waals surface area contributed by atoms with Gasteiger partial charge in [-0.15, -0.1) is 0 Å². The highest BCUT2D eigenvalue weighted by Crippen LogP contribution is 2.44. The number of anilines is 1. The molecule has 180 valence electrons. The van der Waals surface area contributed by atoms with Gasteiger partial charge in [0.05, 0.1) is 22.7 Å². The van der Waals surface area contributed by atoms with Crippen molar-refractivity contribution in [2.75, 3.05) is 5.32 Å². The fraction of sp³-hybridized carbons (Fsp3) is 0.423. The Morgan fingerprint density at radius 3 is 2.65 bits per heavy atom. The van der Waals surface area contributed by atoms with Gasteiger partial charge in [-0.1, -0.05) is 31.0 Å². The van der Waals surface area contributed by atoms with Crippen LogP contribution >= 0.6 is 0 Å². The Morgan fingerprint density at radius 2 is 1.91 bits per heavy atom. The summed E-state index contributed by atoms with van der Waals surface area (Å²) >= 11 is 0. The van der Waals surface area contributed by atoms with Gasteiger partial charge in [0.25, 0.3) is 0 Å². The van der Waals surface area contributed by atoms with Crippen LogP contribution in [0.2, 0.25) is 0 Å². The second-order valence-corrected chi connectivity index (χ2v) is 10.1. The zero-order chi connectivity index (χ0) is 24.2. The largest absolute Gasteiger partial charge is 0.388 e. The number of nitrogens with one attached hydrogen (secondary N) is 4. The van der Waals surface area contributed by atoms with E-state index in [0.717, 1.165) is 36.6 Å². The molecule has 1 saturated carbocycles. The molecule has 5 N–H and O–H groups in total. The molecule has 0 spiro atoms. The van der Waals surface area contributed by atoms with Crippen LogP contribution in [0.3, 0.4) is 0 Å². The Hall–Kier alpha value is -3.13.